The van der Waals surface area contributed by atoms with Crippen LogP contribution >= 0.6 is 15.9 Å². The Hall–Kier alpha value is -1.28. The molecule has 1 fully saturated rings. The standard InChI is InChI=1S/C14H16BrF3N2O2/c15-10-2-3-12(21)11(8-10)13(22)20-5-1-4-19(6-7-20)9-14(16,17)18/h2-3,8,21H,1,4-7,9H2. The summed E-state index contributed by atoms with van der Waals surface area (Å²) in [5, 5.41) is 9.78. The van der Waals surface area contributed by atoms with Gasteiger partial charge in [0.25, 0.3) is 5.91 Å². The summed E-state index contributed by atoms with van der Waals surface area (Å²) in [5.41, 5.74) is 0.152. The van der Waals surface area contributed by atoms with Crippen LogP contribution in [-0.4, -0.2) is 59.7 Å². The Kier molecular flexibility index (Phi) is 5.33. The van der Waals surface area contributed by atoms with Gasteiger partial charge in [0.1, 0.15) is 5.75 Å². The number of aromatic hydroxyl groups is 1. The van der Waals surface area contributed by atoms with Crippen molar-refractivity contribution in [3.8, 4) is 5.75 Å². The molecule has 0 aromatic heterocycles. The molecule has 1 N–H and O–H groups in total. The molecule has 0 bridgehead atoms. The highest BCUT2D eigenvalue weighted by molar-refractivity contribution is 9.10. The predicted octanol–water partition coefficient (Wildman–Crippen LogP) is 2.86. The number of hydrogen-bond donors (Lipinski definition) is 1. The summed E-state index contributed by atoms with van der Waals surface area (Å²) in [7, 11) is 0. The van der Waals surface area contributed by atoms with Crippen LogP contribution < -0.4 is 0 Å². The third kappa shape index (κ3) is 4.61. The van der Waals surface area contributed by atoms with Crippen molar-refractivity contribution < 1.29 is 23.1 Å². The van der Waals surface area contributed by atoms with E-state index in [2.05, 4.69) is 15.9 Å². The van der Waals surface area contributed by atoms with Crippen molar-refractivity contribution in [3.63, 3.8) is 0 Å². The Morgan fingerprint density at radius 1 is 1.23 bits per heavy atom. The SMILES string of the molecule is O=C(c1cc(Br)ccc1O)N1CCCN(CC(F)(F)F)CC1. The van der Waals surface area contributed by atoms with Crippen LogP contribution in [0.15, 0.2) is 22.7 Å². The van der Waals surface area contributed by atoms with Crippen molar-refractivity contribution in [2.45, 2.75) is 12.6 Å². The smallest absolute Gasteiger partial charge is 0.401 e. The van der Waals surface area contributed by atoms with E-state index in [1.54, 1.807) is 6.07 Å². The van der Waals surface area contributed by atoms with Gasteiger partial charge in [0, 0.05) is 30.7 Å². The predicted molar refractivity (Wildman–Crippen MR) is 78.8 cm³/mol. The summed E-state index contributed by atoms with van der Waals surface area (Å²) in [6, 6.07) is 4.53. The van der Waals surface area contributed by atoms with E-state index in [1.807, 2.05) is 0 Å². The quantitative estimate of drug-likeness (QED) is 0.857. The summed E-state index contributed by atoms with van der Waals surface area (Å²) in [4.78, 5) is 15.2. The minimum atomic E-state index is -4.23. The van der Waals surface area contributed by atoms with E-state index in [0.29, 0.717) is 24.0 Å². The first-order chi connectivity index (χ1) is 10.3. The number of benzene rings is 1. The fourth-order valence-electron chi connectivity index (χ4n) is 2.44. The maximum atomic E-state index is 12.4. The molecule has 2 rings (SSSR count). The van der Waals surface area contributed by atoms with E-state index in [-0.39, 0.29) is 30.3 Å². The molecule has 0 spiro atoms. The molecule has 22 heavy (non-hydrogen) atoms. The maximum absolute atomic E-state index is 12.4. The molecule has 0 unspecified atom stereocenters. The van der Waals surface area contributed by atoms with Crippen LogP contribution in [-0.2, 0) is 0 Å². The third-order valence-electron chi connectivity index (χ3n) is 3.47. The summed E-state index contributed by atoms with van der Waals surface area (Å²) >= 11 is 3.23. The molecule has 1 aliphatic rings. The first-order valence-corrected chi connectivity index (χ1v) is 7.62. The van der Waals surface area contributed by atoms with Gasteiger partial charge in [-0.05, 0) is 24.6 Å². The van der Waals surface area contributed by atoms with Gasteiger partial charge in [-0.15, -0.1) is 0 Å². The van der Waals surface area contributed by atoms with Crippen molar-refractivity contribution in [2.24, 2.45) is 0 Å². The van der Waals surface area contributed by atoms with E-state index < -0.39 is 12.7 Å². The average Bonchev–Trinajstić information content (AvgIpc) is 2.64. The highest BCUT2D eigenvalue weighted by Crippen LogP contribution is 2.24. The zero-order valence-corrected chi connectivity index (χ0v) is 13.3. The summed E-state index contributed by atoms with van der Waals surface area (Å²) in [6.07, 6.45) is -3.77. The lowest BCUT2D eigenvalue weighted by Gasteiger charge is -2.23. The summed E-state index contributed by atoms with van der Waals surface area (Å²) < 4.78 is 37.9. The van der Waals surface area contributed by atoms with Crippen molar-refractivity contribution in [3.05, 3.63) is 28.2 Å². The molecular weight excluding hydrogens is 365 g/mol. The van der Waals surface area contributed by atoms with Crippen molar-refractivity contribution >= 4 is 21.8 Å². The minimum absolute atomic E-state index is 0.135. The Bertz CT molecular complexity index is 551. The van der Waals surface area contributed by atoms with Crippen LogP contribution in [0.5, 0.6) is 5.75 Å². The molecule has 1 saturated heterocycles. The number of carbonyl (C=O) groups excluding carboxylic acids is 1. The number of nitrogens with zero attached hydrogens (tertiary/aromatic N) is 2. The Morgan fingerprint density at radius 3 is 2.64 bits per heavy atom. The van der Waals surface area contributed by atoms with Crippen LogP contribution in [0.2, 0.25) is 0 Å². The minimum Gasteiger partial charge on any atom is -0.507 e. The molecule has 4 nitrogen and oxygen atoms in total. The van der Waals surface area contributed by atoms with Crippen LogP contribution in [0.25, 0.3) is 0 Å². The molecule has 1 aromatic rings. The second-order valence-corrected chi connectivity index (χ2v) is 6.11. The fraction of sp³-hybridized carbons (Fsp3) is 0.500. The molecule has 0 aliphatic carbocycles. The Labute approximate surface area is 134 Å². The molecule has 0 atom stereocenters. The van der Waals surface area contributed by atoms with E-state index in [4.69, 9.17) is 0 Å². The van der Waals surface area contributed by atoms with Crippen LogP contribution in [0.3, 0.4) is 0 Å². The lowest BCUT2D eigenvalue weighted by molar-refractivity contribution is -0.145. The third-order valence-corrected chi connectivity index (χ3v) is 3.96. The fourth-order valence-corrected chi connectivity index (χ4v) is 2.80. The largest absolute Gasteiger partial charge is 0.507 e. The van der Waals surface area contributed by atoms with Crippen LogP contribution in [0.1, 0.15) is 16.8 Å². The summed E-state index contributed by atoms with van der Waals surface area (Å²) in [5.74, 6) is -0.503. The second-order valence-electron chi connectivity index (χ2n) is 5.20. The van der Waals surface area contributed by atoms with Gasteiger partial charge >= 0.3 is 6.18 Å². The zero-order valence-electron chi connectivity index (χ0n) is 11.7. The first kappa shape index (κ1) is 17.1. The number of halogens is 4. The van der Waals surface area contributed by atoms with Gasteiger partial charge in [0.05, 0.1) is 12.1 Å². The molecular formula is C14H16BrF3N2O2. The number of hydrogen-bond acceptors (Lipinski definition) is 3. The molecule has 8 heteroatoms. The van der Waals surface area contributed by atoms with E-state index in [9.17, 15) is 23.1 Å². The average molecular weight is 381 g/mol. The molecule has 1 amide bonds. The van der Waals surface area contributed by atoms with E-state index in [0.717, 1.165) is 0 Å². The highest BCUT2D eigenvalue weighted by Gasteiger charge is 2.32. The van der Waals surface area contributed by atoms with Crippen molar-refractivity contribution in [2.75, 3.05) is 32.7 Å². The number of alkyl halides is 3. The first-order valence-electron chi connectivity index (χ1n) is 6.83. The van der Waals surface area contributed by atoms with Gasteiger partial charge < -0.3 is 10.0 Å². The van der Waals surface area contributed by atoms with Crippen LogP contribution in [0.4, 0.5) is 13.2 Å². The number of phenolic OH excluding ortho intramolecular Hbond substituents is 1. The Morgan fingerprint density at radius 2 is 1.95 bits per heavy atom. The second kappa shape index (κ2) is 6.87. The highest BCUT2D eigenvalue weighted by atomic mass is 79.9. The molecule has 1 heterocycles. The van der Waals surface area contributed by atoms with Gasteiger partial charge in [-0.25, -0.2) is 0 Å². The molecule has 0 saturated carbocycles. The molecule has 1 aromatic carbocycles. The van der Waals surface area contributed by atoms with Gasteiger partial charge in [-0.3, -0.25) is 9.69 Å². The lowest BCUT2D eigenvalue weighted by atomic mass is 10.1. The number of phenols is 1. The molecule has 0 radical (unpaired) electrons. The lowest BCUT2D eigenvalue weighted by Crippen LogP contribution is -2.38. The monoisotopic (exact) mass is 380 g/mol. The van der Waals surface area contributed by atoms with Gasteiger partial charge in [0.15, 0.2) is 0 Å². The molecule has 122 valence electrons. The van der Waals surface area contributed by atoms with Gasteiger partial charge in [-0.2, -0.15) is 13.2 Å². The number of amides is 1. The van der Waals surface area contributed by atoms with E-state index >= 15 is 0 Å². The number of rotatable bonds is 2. The zero-order chi connectivity index (χ0) is 16.3. The maximum Gasteiger partial charge on any atom is 0.401 e. The van der Waals surface area contributed by atoms with Crippen LogP contribution in [0, 0.1) is 0 Å². The normalized spacial score (nSPS) is 17.4. The van der Waals surface area contributed by atoms with Crippen molar-refractivity contribution in [1.29, 1.82) is 0 Å². The topological polar surface area (TPSA) is 43.8 Å². The van der Waals surface area contributed by atoms with Crippen molar-refractivity contribution in [1.82, 2.24) is 9.80 Å². The summed E-state index contributed by atoms with van der Waals surface area (Å²) in [6.45, 7) is 0.0882. The number of carbonyl (C=O) groups is 1. The van der Waals surface area contributed by atoms with Gasteiger partial charge in [-0.1, -0.05) is 15.9 Å². The van der Waals surface area contributed by atoms with E-state index in [1.165, 1.54) is 21.9 Å². The van der Waals surface area contributed by atoms with Gasteiger partial charge in [0.2, 0.25) is 0 Å². The molecule has 1 aliphatic heterocycles. The Balaban J connectivity index is 2.04.